The molecule has 1 aromatic carbocycles. The smallest absolute Gasteiger partial charge is 0.224 e. The van der Waals surface area contributed by atoms with Gasteiger partial charge in [0.2, 0.25) is 5.91 Å². The lowest BCUT2D eigenvalue weighted by Gasteiger charge is -2.27. The molecule has 0 atom stereocenters. The lowest BCUT2D eigenvalue weighted by molar-refractivity contribution is -0.131. The Labute approximate surface area is 165 Å². The Hall–Kier alpha value is -2.34. The van der Waals surface area contributed by atoms with E-state index in [0.29, 0.717) is 19.5 Å². The average Bonchev–Trinajstić information content (AvgIpc) is 3.14. The summed E-state index contributed by atoms with van der Waals surface area (Å²) in [5.41, 5.74) is 3.73. The van der Waals surface area contributed by atoms with Crippen molar-refractivity contribution in [3.05, 3.63) is 57.3 Å². The summed E-state index contributed by atoms with van der Waals surface area (Å²) in [6.07, 6.45) is 1.46. The van der Waals surface area contributed by atoms with Gasteiger partial charge in [-0.15, -0.1) is 11.3 Å². The molecule has 0 unspecified atom stereocenters. The van der Waals surface area contributed by atoms with Crippen molar-refractivity contribution in [2.45, 2.75) is 39.8 Å². The fraction of sp³-hybridized carbons (Fsp3) is 0.429. The first-order chi connectivity index (χ1) is 13.2. The Balaban J connectivity index is 1.48. The van der Waals surface area contributed by atoms with Crippen LogP contribution in [0.1, 0.15) is 34.9 Å². The lowest BCUT2D eigenvalue weighted by atomic mass is 10.1. The largest absolute Gasteiger partial charge is 0.357 e. The molecule has 0 bridgehead atoms. The van der Waals surface area contributed by atoms with E-state index in [4.69, 9.17) is 0 Å². The lowest BCUT2D eigenvalue weighted by Crippen LogP contribution is -2.41. The molecule has 3 rings (SSSR count). The van der Waals surface area contributed by atoms with Crippen LogP contribution in [0.25, 0.3) is 0 Å². The van der Waals surface area contributed by atoms with Gasteiger partial charge in [0.05, 0.1) is 6.54 Å². The van der Waals surface area contributed by atoms with E-state index in [1.54, 1.807) is 11.3 Å². The van der Waals surface area contributed by atoms with Crippen molar-refractivity contribution in [3.8, 4) is 0 Å². The minimum absolute atomic E-state index is 0.203. The van der Waals surface area contributed by atoms with Crippen molar-refractivity contribution >= 4 is 23.2 Å². The van der Waals surface area contributed by atoms with Crippen LogP contribution in [-0.2, 0) is 24.3 Å². The fourth-order valence-corrected chi connectivity index (χ4v) is 4.12. The van der Waals surface area contributed by atoms with Crippen LogP contribution in [0, 0.1) is 6.92 Å². The van der Waals surface area contributed by atoms with E-state index < -0.39 is 0 Å². The molecular weight excluding hydrogens is 356 g/mol. The van der Waals surface area contributed by atoms with Gasteiger partial charge >= 0.3 is 0 Å². The number of fused-ring (bicyclic) bond motifs is 1. The Morgan fingerprint density at radius 3 is 3.00 bits per heavy atom. The van der Waals surface area contributed by atoms with Gasteiger partial charge < -0.3 is 15.5 Å². The molecule has 6 heteroatoms. The van der Waals surface area contributed by atoms with E-state index in [1.165, 1.54) is 21.6 Å². The normalized spacial score (nSPS) is 14.0. The molecule has 2 heterocycles. The molecule has 2 N–H and O–H groups in total. The summed E-state index contributed by atoms with van der Waals surface area (Å²) in [4.78, 5) is 20.5. The van der Waals surface area contributed by atoms with Gasteiger partial charge in [-0.1, -0.05) is 29.8 Å². The van der Waals surface area contributed by atoms with Crippen molar-refractivity contribution in [1.82, 2.24) is 15.5 Å². The van der Waals surface area contributed by atoms with Gasteiger partial charge in [0.25, 0.3) is 0 Å². The Kier molecular flexibility index (Phi) is 6.87. The molecule has 0 aliphatic carbocycles. The van der Waals surface area contributed by atoms with Crippen LogP contribution < -0.4 is 10.6 Å². The molecule has 0 saturated heterocycles. The SMILES string of the molecule is CCNC(=NCc1cccc(C)c1)NCCC(=O)N1CCc2sccc2C1. The highest BCUT2D eigenvalue weighted by Crippen LogP contribution is 2.24. The van der Waals surface area contributed by atoms with Crippen molar-refractivity contribution in [2.24, 2.45) is 4.99 Å². The standard InChI is InChI=1S/C21H28N4OS/c1-3-22-21(24-14-17-6-4-5-16(2)13-17)23-10-7-20(26)25-11-8-19-18(15-25)9-12-27-19/h4-6,9,12-13H,3,7-8,10-11,14-15H2,1-2H3,(H2,22,23,24). The zero-order valence-electron chi connectivity index (χ0n) is 16.1. The van der Waals surface area contributed by atoms with Crippen LogP contribution in [0.5, 0.6) is 0 Å². The second-order valence-corrected chi connectivity index (χ2v) is 7.80. The number of rotatable bonds is 6. The molecule has 27 heavy (non-hydrogen) atoms. The van der Waals surface area contributed by atoms with Gasteiger partial charge in [-0.05, 0) is 42.8 Å². The highest BCUT2D eigenvalue weighted by atomic mass is 32.1. The summed E-state index contributed by atoms with van der Waals surface area (Å²) in [7, 11) is 0. The molecule has 2 aromatic rings. The number of carbonyl (C=O) groups is 1. The number of thiophene rings is 1. The van der Waals surface area contributed by atoms with E-state index in [-0.39, 0.29) is 5.91 Å². The number of benzene rings is 1. The number of amides is 1. The van der Waals surface area contributed by atoms with E-state index >= 15 is 0 Å². The molecule has 0 saturated carbocycles. The van der Waals surface area contributed by atoms with Crippen LogP contribution in [0.4, 0.5) is 0 Å². The molecule has 0 fully saturated rings. The first kappa shape index (κ1) is 19.4. The maximum atomic E-state index is 12.5. The zero-order valence-corrected chi connectivity index (χ0v) is 16.9. The predicted octanol–water partition coefficient (Wildman–Crippen LogP) is 3.09. The Bertz CT molecular complexity index is 799. The molecule has 0 radical (unpaired) electrons. The molecular formula is C21H28N4OS. The number of guanidine groups is 1. The second-order valence-electron chi connectivity index (χ2n) is 6.80. The molecule has 5 nitrogen and oxygen atoms in total. The first-order valence-corrected chi connectivity index (χ1v) is 10.4. The molecule has 1 aliphatic rings. The highest BCUT2D eigenvalue weighted by molar-refractivity contribution is 7.10. The molecule has 0 spiro atoms. The first-order valence-electron chi connectivity index (χ1n) is 9.56. The van der Waals surface area contributed by atoms with Gasteiger partial charge in [-0.2, -0.15) is 0 Å². The maximum Gasteiger partial charge on any atom is 0.224 e. The van der Waals surface area contributed by atoms with Crippen molar-refractivity contribution in [2.75, 3.05) is 19.6 Å². The van der Waals surface area contributed by atoms with E-state index in [0.717, 1.165) is 32.0 Å². The van der Waals surface area contributed by atoms with Gasteiger partial charge in [0, 0.05) is 37.5 Å². The minimum atomic E-state index is 0.203. The van der Waals surface area contributed by atoms with Gasteiger partial charge in [0.1, 0.15) is 0 Å². The van der Waals surface area contributed by atoms with Crippen molar-refractivity contribution in [1.29, 1.82) is 0 Å². The van der Waals surface area contributed by atoms with Gasteiger partial charge in [-0.3, -0.25) is 4.79 Å². The summed E-state index contributed by atoms with van der Waals surface area (Å²) in [5, 5.41) is 8.65. The molecule has 1 aromatic heterocycles. The molecule has 144 valence electrons. The summed E-state index contributed by atoms with van der Waals surface area (Å²) >= 11 is 1.80. The molecule has 1 amide bonds. The summed E-state index contributed by atoms with van der Waals surface area (Å²) in [6, 6.07) is 10.5. The van der Waals surface area contributed by atoms with Gasteiger partial charge in [0.15, 0.2) is 5.96 Å². The fourth-order valence-electron chi connectivity index (χ4n) is 3.23. The maximum absolute atomic E-state index is 12.5. The van der Waals surface area contributed by atoms with Crippen molar-refractivity contribution in [3.63, 3.8) is 0 Å². The topological polar surface area (TPSA) is 56.7 Å². The summed E-state index contributed by atoms with van der Waals surface area (Å²) < 4.78 is 0. The summed E-state index contributed by atoms with van der Waals surface area (Å²) in [6.45, 7) is 7.71. The van der Waals surface area contributed by atoms with E-state index in [2.05, 4.69) is 58.3 Å². The zero-order chi connectivity index (χ0) is 19.1. The van der Waals surface area contributed by atoms with Crippen LogP contribution in [0.2, 0.25) is 0 Å². The minimum Gasteiger partial charge on any atom is -0.357 e. The van der Waals surface area contributed by atoms with Crippen LogP contribution in [0.3, 0.4) is 0 Å². The van der Waals surface area contributed by atoms with Crippen LogP contribution in [0.15, 0.2) is 40.7 Å². The number of carbonyl (C=O) groups excluding carboxylic acids is 1. The number of nitrogens with zero attached hydrogens (tertiary/aromatic N) is 2. The molecule has 1 aliphatic heterocycles. The third-order valence-electron chi connectivity index (χ3n) is 4.64. The second kappa shape index (κ2) is 9.55. The Morgan fingerprint density at radius 2 is 2.19 bits per heavy atom. The van der Waals surface area contributed by atoms with E-state index in [1.807, 2.05) is 11.8 Å². The monoisotopic (exact) mass is 384 g/mol. The quantitative estimate of drug-likeness (QED) is 0.594. The number of hydrogen-bond donors (Lipinski definition) is 2. The predicted molar refractivity (Wildman–Crippen MR) is 112 cm³/mol. The van der Waals surface area contributed by atoms with E-state index in [9.17, 15) is 4.79 Å². The van der Waals surface area contributed by atoms with Crippen LogP contribution in [-0.4, -0.2) is 36.4 Å². The third kappa shape index (κ3) is 5.57. The highest BCUT2D eigenvalue weighted by Gasteiger charge is 2.20. The Morgan fingerprint density at radius 1 is 1.30 bits per heavy atom. The number of hydrogen-bond acceptors (Lipinski definition) is 3. The third-order valence-corrected chi connectivity index (χ3v) is 5.66. The van der Waals surface area contributed by atoms with Crippen molar-refractivity contribution < 1.29 is 4.79 Å². The van der Waals surface area contributed by atoms with Crippen LogP contribution >= 0.6 is 11.3 Å². The number of nitrogens with one attached hydrogen (secondary N) is 2. The number of aliphatic imine (C=N–C) groups is 1. The average molecular weight is 385 g/mol. The summed E-state index contributed by atoms with van der Waals surface area (Å²) in [5.74, 6) is 0.958. The number of aryl methyl sites for hydroxylation is 1. The van der Waals surface area contributed by atoms with Gasteiger partial charge in [-0.25, -0.2) is 4.99 Å².